The van der Waals surface area contributed by atoms with Gasteiger partial charge in [-0.2, -0.15) is 0 Å². The molecular formula is C20H13N3O3S. The highest BCUT2D eigenvalue weighted by atomic mass is 32.1. The van der Waals surface area contributed by atoms with Crippen LogP contribution in [0.1, 0.15) is 22.6 Å². The summed E-state index contributed by atoms with van der Waals surface area (Å²) in [6, 6.07) is 16.7. The highest BCUT2D eigenvalue weighted by Gasteiger charge is 2.34. The van der Waals surface area contributed by atoms with Crippen molar-refractivity contribution in [1.82, 2.24) is 9.97 Å². The van der Waals surface area contributed by atoms with Gasteiger partial charge in [0.05, 0.1) is 22.7 Å². The molecule has 3 N–H and O–H groups in total. The number of para-hydroxylation sites is 1. The molecule has 0 saturated heterocycles. The Morgan fingerprint density at radius 2 is 1.63 bits per heavy atom. The number of nitrogens with one attached hydrogen (secondary N) is 3. The van der Waals surface area contributed by atoms with Gasteiger partial charge in [0.15, 0.2) is 4.77 Å². The van der Waals surface area contributed by atoms with Gasteiger partial charge in [0.25, 0.3) is 5.56 Å². The summed E-state index contributed by atoms with van der Waals surface area (Å²) in [5, 5.41) is 3.97. The Balaban J connectivity index is 1.95. The van der Waals surface area contributed by atoms with E-state index in [4.69, 9.17) is 16.6 Å². The Morgan fingerprint density at radius 3 is 2.44 bits per heavy atom. The van der Waals surface area contributed by atoms with Crippen LogP contribution >= 0.6 is 12.2 Å². The van der Waals surface area contributed by atoms with Crippen LogP contribution in [0.25, 0.3) is 11.0 Å². The van der Waals surface area contributed by atoms with Crippen LogP contribution in [0, 0.1) is 4.77 Å². The van der Waals surface area contributed by atoms with Gasteiger partial charge < -0.3 is 14.7 Å². The van der Waals surface area contributed by atoms with Crippen molar-refractivity contribution in [2.24, 2.45) is 0 Å². The number of anilines is 2. The largest absolute Gasteiger partial charge is 0.422 e. The number of aromatic amines is 2. The van der Waals surface area contributed by atoms with E-state index in [9.17, 15) is 9.59 Å². The molecule has 2 aromatic carbocycles. The zero-order valence-corrected chi connectivity index (χ0v) is 14.7. The normalized spacial score (nSPS) is 15.0. The second kappa shape index (κ2) is 5.78. The lowest BCUT2D eigenvalue weighted by Crippen LogP contribution is -2.29. The number of rotatable bonds is 1. The first-order valence-corrected chi connectivity index (χ1v) is 8.78. The summed E-state index contributed by atoms with van der Waals surface area (Å²) >= 11 is 5.13. The third kappa shape index (κ3) is 2.36. The summed E-state index contributed by atoms with van der Waals surface area (Å²) in [6.45, 7) is 0. The molecule has 1 atom stereocenters. The van der Waals surface area contributed by atoms with E-state index in [0.29, 0.717) is 28.2 Å². The second-order valence-corrected chi connectivity index (χ2v) is 6.75. The number of benzene rings is 2. The van der Waals surface area contributed by atoms with E-state index in [0.717, 1.165) is 10.9 Å². The van der Waals surface area contributed by atoms with Crippen LogP contribution in [-0.2, 0) is 0 Å². The van der Waals surface area contributed by atoms with Crippen LogP contribution in [0.5, 0.6) is 0 Å². The van der Waals surface area contributed by atoms with Crippen LogP contribution in [0.15, 0.2) is 68.6 Å². The van der Waals surface area contributed by atoms with Crippen molar-refractivity contribution in [1.29, 1.82) is 0 Å². The topological polar surface area (TPSA) is 90.9 Å². The van der Waals surface area contributed by atoms with Crippen LogP contribution in [-0.4, -0.2) is 9.97 Å². The SMILES string of the molecule is O=c1[nH]c(=S)[nH]c2c1C(c1ccccc1)c1c(c3ccccc3oc1=O)N2. The molecule has 5 rings (SSSR count). The van der Waals surface area contributed by atoms with E-state index < -0.39 is 11.5 Å². The minimum absolute atomic E-state index is 0.216. The lowest BCUT2D eigenvalue weighted by atomic mass is 9.83. The first kappa shape index (κ1) is 15.8. The molecule has 1 aliphatic heterocycles. The van der Waals surface area contributed by atoms with Crippen LogP contribution in [0.3, 0.4) is 0 Å². The van der Waals surface area contributed by atoms with Gasteiger partial charge in [-0.3, -0.25) is 9.78 Å². The van der Waals surface area contributed by atoms with E-state index in [-0.39, 0.29) is 10.3 Å². The second-order valence-electron chi connectivity index (χ2n) is 6.34. The first-order valence-electron chi connectivity index (χ1n) is 8.37. The molecule has 27 heavy (non-hydrogen) atoms. The van der Waals surface area contributed by atoms with E-state index in [2.05, 4.69) is 15.3 Å². The Kier molecular flexibility index (Phi) is 3.38. The highest BCUT2D eigenvalue weighted by molar-refractivity contribution is 7.71. The van der Waals surface area contributed by atoms with Crippen molar-refractivity contribution >= 4 is 34.7 Å². The Hall–Kier alpha value is -3.45. The van der Waals surface area contributed by atoms with Crippen LogP contribution in [0.4, 0.5) is 11.5 Å². The Morgan fingerprint density at radius 1 is 0.889 bits per heavy atom. The van der Waals surface area contributed by atoms with Crippen molar-refractivity contribution in [2.45, 2.75) is 5.92 Å². The summed E-state index contributed by atoms with van der Waals surface area (Å²) in [5.41, 5.74) is 1.92. The summed E-state index contributed by atoms with van der Waals surface area (Å²) in [6.07, 6.45) is 0. The van der Waals surface area contributed by atoms with Crippen molar-refractivity contribution in [2.75, 3.05) is 5.32 Å². The third-order valence-corrected chi connectivity index (χ3v) is 4.99. The van der Waals surface area contributed by atoms with Gasteiger partial charge >= 0.3 is 5.63 Å². The molecule has 4 aromatic rings. The Labute approximate surface area is 157 Å². The van der Waals surface area contributed by atoms with Crippen molar-refractivity contribution in [3.63, 3.8) is 0 Å². The molecular weight excluding hydrogens is 362 g/mol. The number of H-pyrrole nitrogens is 2. The van der Waals surface area contributed by atoms with Gasteiger partial charge in [-0.05, 0) is 29.9 Å². The maximum atomic E-state index is 12.9. The quantitative estimate of drug-likeness (QED) is 0.306. The fraction of sp³-hybridized carbons (Fsp3) is 0.0500. The lowest BCUT2D eigenvalue weighted by Gasteiger charge is -2.28. The maximum absolute atomic E-state index is 12.9. The fourth-order valence-electron chi connectivity index (χ4n) is 3.68. The van der Waals surface area contributed by atoms with Crippen LogP contribution in [0.2, 0.25) is 0 Å². The fourth-order valence-corrected chi connectivity index (χ4v) is 3.87. The zero-order valence-electron chi connectivity index (χ0n) is 13.9. The van der Waals surface area contributed by atoms with Gasteiger partial charge in [-0.25, -0.2) is 4.79 Å². The smallest absolute Gasteiger partial charge is 0.342 e. The Bertz CT molecular complexity index is 1370. The molecule has 0 fully saturated rings. The summed E-state index contributed by atoms with van der Waals surface area (Å²) < 4.78 is 5.77. The molecule has 2 aromatic heterocycles. The minimum atomic E-state index is -0.575. The van der Waals surface area contributed by atoms with E-state index in [1.807, 2.05) is 42.5 Å². The van der Waals surface area contributed by atoms with Gasteiger partial charge in [-0.1, -0.05) is 42.5 Å². The molecule has 0 amide bonds. The molecule has 1 unspecified atom stereocenters. The summed E-state index contributed by atoms with van der Waals surface area (Å²) in [5.74, 6) is -0.0882. The molecule has 1 aliphatic rings. The maximum Gasteiger partial charge on any atom is 0.342 e. The van der Waals surface area contributed by atoms with Crippen LogP contribution < -0.4 is 16.5 Å². The molecule has 6 nitrogen and oxygen atoms in total. The first-order chi connectivity index (χ1) is 13.1. The molecule has 3 heterocycles. The monoisotopic (exact) mass is 375 g/mol. The van der Waals surface area contributed by atoms with Gasteiger partial charge in [0.2, 0.25) is 0 Å². The van der Waals surface area contributed by atoms with Crippen molar-refractivity contribution in [3.05, 3.63) is 96.8 Å². The predicted molar refractivity (Wildman–Crippen MR) is 105 cm³/mol. The summed E-state index contributed by atoms with van der Waals surface area (Å²) in [7, 11) is 0. The number of hydrogen-bond donors (Lipinski definition) is 3. The van der Waals surface area contributed by atoms with E-state index >= 15 is 0 Å². The van der Waals surface area contributed by atoms with E-state index in [1.165, 1.54) is 0 Å². The molecule has 0 spiro atoms. The zero-order chi connectivity index (χ0) is 18.5. The molecule has 0 aliphatic carbocycles. The van der Waals surface area contributed by atoms with E-state index in [1.54, 1.807) is 12.1 Å². The lowest BCUT2D eigenvalue weighted by molar-refractivity contribution is 0.548. The molecule has 0 bridgehead atoms. The van der Waals surface area contributed by atoms with Gasteiger partial charge in [0.1, 0.15) is 11.4 Å². The van der Waals surface area contributed by atoms with Gasteiger partial charge in [-0.15, -0.1) is 0 Å². The predicted octanol–water partition coefficient (Wildman–Crippen LogP) is 3.78. The number of fused-ring (bicyclic) bond motifs is 4. The van der Waals surface area contributed by atoms with Crippen molar-refractivity contribution < 1.29 is 4.42 Å². The minimum Gasteiger partial charge on any atom is -0.422 e. The van der Waals surface area contributed by atoms with Crippen molar-refractivity contribution in [3.8, 4) is 0 Å². The average molecular weight is 375 g/mol. The third-order valence-electron chi connectivity index (χ3n) is 4.79. The molecule has 0 radical (unpaired) electrons. The number of hydrogen-bond acceptors (Lipinski definition) is 5. The molecule has 7 heteroatoms. The standard InChI is InChI=1S/C20H13N3O3S/c24-18-15-13(10-6-2-1-3-7-10)14-16(21-17(15)22-20(27)23-18)11-8-4-5-9-12(11)26-19(14)25/h1-9,13H,(H3,21,22,23,24,27). The molecule has 0 saturated carbocycles. The van der Waals surface area contributed by atoms with Gasteiger partial charge in [0, 0.05) is 5.39 Å². The number of aromatic nitrogens is 2. The summed E-state index contributed by atoms with van der Waals surface area (Å²) in [4.78, 5) is 31.3. The highest BCUT2D eigenvalue weighted by Crippen LogP contribution is 2.43. The average Bonchev–Trinajstić information content (AvgIpc) is 2.67. The molecule has 132 valence electrons.